The van der Waals surface area contributed by atoms with Crippen molar-refractivity contribution in [3.8, 4) is 0 Å². The first-order valence-electron chi connectivity index (χ1n) is 5.73. The Balaban J connectivity index is 1.92. The third-order valence-corrected chi connectivity index (χ3v) is 2.91. The molecule has 1 aromatic heterocycles. The zero-order valence-electron chi connectivity index (χ0n) is 9.43. The van der Waals surface area contributed by atoms with Crippen LogP contribution in [0.1, 0.15) is 43.2 Å². The number of carbonyl (C=O) groups is 1. The average molecular weight is 220 g/mol. The van der Waals surface area contributed by atoms with Gasteiger partial charge in [-0.15, -0.1) is 0 Å². The molecule has 0 saturated heterocycles. The van der Waals surface area contributed by atoms with Gasteiger partial charge in [0.25, 0.3) is 0 Å². The van der Waals surface area contributed by atoms with E-state index in [-0.39, 0.29) is 11.9 Å². The molecule has 0 aliphatic heterocycles. The van der Waals surface area contributed by atoms with Gasteiger partial charge in [-0.2, -0.15) is 0 Å². The summed E-state index contributed by atoms with van der Waals surface area (Å²) in [6.45, 7) is 2.19. The van der Waals surface area contributed by atoms with Gasteiger partial charge in [0.2, 0.25) is 5.82 Å². The third-order valence-electron chi connectivity index (χ3n) is 2.91. The van der Waals surface area contributed by atoms with Crippen molar-refractivity contribution in [2.45, 2.75) is 38.7 Å². The molecule has 2 rings (SSSR count). The van der Waals surface area contributed by atoms with Crippen LogP contribution >= 0.6 is 0 Å². The Kier molecular flexibility index (Phi) is 3.49. The number of esters is 1. The van der Waals surface area contributed by atoms with Crippen LogP contribution in [0.4, 0.5) is 0 Å². The van der Waals surface area contributed by atoms with Crippen molar-refractivity contribution in [1.29, 1.82) is 0 Å². The van der Waals surface area contributed by atoms with Gasteiger partial charge in [-0.25, -0.2) is 14.8 Å². The van der Waals surface area contributed by atoms with E-state index in [1.165, 1.54) is 6.42 Å². The van der Waals surface area contributed by atoms with Gasteiger partial charge < -0.3 is 4.74 Å². The van der Waals surface area contributed by atoms with Crippen molar-refractivity contribution < 1.29 is 9.53 Å². The summed E-state index contributed by atoms with van der Waals surface area (Å²) in [5.74, 6) is 0.392. The summed E-state index contributed by atoms with van der Waals surface area (Å²) in [7, 11) is 0. The lowest BCUT2D eigenvalue weighted by atomic mass is 9.89. The Morgan fingerprint density at radius 1 is 1.38 bits per heavy atom. The van der Waals surface area contributed by atoms with Crippen molar-refractivity contribution in [2.75, 3.05) is 0 Å². The highest BCUT2D eigenvalue weighted by Gasteiger charge is 2.23. The topological polar surface area (TPSA) is 52.1 Å². The molecule has 0 amide bonds. The fourth-order valence-corrected chi connectivity index (χ4v) is 2.09. The average Bonchev–Trinajstić information content (AvgIpc) is 2.30. The van der Waals surface area contributed by atoms with E-state index in [1.807, 2.05) is 0 Å². The lowest BCUT2D eigenvalue weighted by Crippen LogP contribution is -2.25. The summed E-state index contributed by atoms with van der Waals surface area (Å²) in [5, 5.41) is 0. The molecule has 1 heterocycles. The van der Waals surface area contributed by atoms with Crippen molar-refractivity contribution in [3.63, 3.8) is 0 Å². The molecule has 4 heteroatoms. The molecule has 0 aromatic carbocycles. The lowest BCUT2D eigenvalue weighted by molar-refractivity contribution is 0.0141. The zero-order chi connectivity index (χ0) is 11.4. The summed E-state index contributed by atoms with van der Waals surface area (Å²) in [6.07, 6.45) is 7.42. The van der Waals surface area contributed by atoms with Crippen LogP contribution < -0.4 is 0 Å². The quantitative estimate of drug-likeness (QED) is 0.717. The second kappa shape index (κ2) is 5.05. The molecule has 16 heavy (non-hydrogen) atoms. The van der Waals surface area contributed by atoms with E-state index in [4.69, 9.17) is 4.74 Å². The number of rotatable bonds is 2. The lowest BCUT2D eigenvalue weighted by Gasteiger charge is -2.26. The van der Waals surface area contributed by atoms with Gasteiger partial charge in [-0.1, -0.05) is 13.3 Å². The van der Waals surface area contributed by atoms with Crippen molar-refractivity contribution >= 4 is 5.97 Å². The van der Waals surface area contributed by atoms with Crippen molar-refractivity contribution in [1.82, 2.24) is 9.97 Å². The number of hydrogen-bond acceptors (Lipinski definition) is 4. The van der Waals surface area contributed by atoms with Crippen LogP contribution in [0, 0.1) is 5.92 Å². The Labute approximate surface area is 95.1 Å². The summed E-state index contributed by atoms with van der Waals surface area (Å²) in [6, 6.07) is 1.68. The molecular weight excluding hydrogens is 204 g/mol. The predicted molar refractivity (Wildman–Crippen MR) is 58.9 cm³/mol. The van der Waals surface area contributed by atoms with E-state index in [2.05, 4.69) is 16.9 Å². The highest BCUT2D eigenvalue weighted by atomic mass is 16.5. The van der Waals surface area contributed by atoms with E-state index in [1.54, 1.807) is 18.5 Å². The molecule has 0 bridgehead atoms. The molecule has 0 radical (unpaired) electrons. The molecule has 2 unspecified atom stereocenters. The first-order valence-corrected chi connectivity index (χ1v) is 5.73. The number of aromatic nitrogens is 2. The standard InChI is InChI=1S/C12H16N2O2/c1-9-4-2-5-10(8-9)16-12(15)11-13-6-3-7-14-11/h3,6-7,9-10H,2,4-5,8H2,1H3. The Bertz CT molecular complexity index is 353. The molecule has 1 fully saturated rings. The van der Waals surface area contributed by atoms with Gasteiger partial charge in [-0.3, -0.25) is 0 Å². The Morgan fingerprint density at radius 3 is 2.81 bits per heavy atom. The number of ether oxygens (including phenoxy) is 1. The summed E-state index contributed by atoms with van der Waals surface area (Å²) < 4.78 is 5.38. The monoisotopic (exact) mass is 220 g/mol. The first-order chi connectivity index (χ1) is 7.75. The second-order valence-electron chi connectivity index (χ2n) is 4.37. The molecule has 0 spiro atoms. The van der Waals surface area contributed by atoms with Gasteiger partial charge in [0.1, 0.15) is 6.10 Å². The summed E-state index contributed by atoms with van der Waals surface area (Å²) >= 11 is 0. The van der Waals surface area contributed by atoms with Gasteiger partial charge in [0.15, 0.2) is 0 Å². The fourth-order valence-electron chi connectivity index (χ4n) is 2.09. The molecule has 2 atom stereocenters. The Hall–Kier alpha value is -1.45. The van der Waals surface area contributed by atoms with E-state index >= 15 is 0 Å². The predicted octanol–water partition coefficient (Wildman–Crippen LogP) is 2.21. The van der Waals surface area contributed by atoms with E-state index < -0.39 is 5.97 Å². The molecule has 1 saturated carbocycles. The molecule has 1 aromatic rings. The van der Waals surface area contributed by atoms with Crippen LogP contribution in [-0.4, -0.2) is 22.0 Å². The molecule has 86 valence electrons. The maximum Gasteiger partial charge on any atom is 0.376 e. The fraction of sp³-hybridized carbons (Fsp3) is 0.583. The summed E-state index contributed by atoms with van der Waals surface area (Å²) in [4.78, 5) is 19.4. The maximum absolute atomic E-state index is 11.7. The zero-order valence-corrected chi connectivity index (χ0v) is 9.43. The van der Waals surface area contributed by atoms with Crippen LogP contribution in [0.3, 0.4) is 0 Å². The van der Waals surface area contributed by atoms with Gasteiger partial charge >= 0.3 is 5.97 Å². The largest absolute Gasteiger partial charge is 0.456 e. The SMILES string of the molecule is CC1CCCC(OC(=O)c2ncccn2)C1. The van der Waals surface area contributed by atoms with Gasteiger partial charge in [0, 0.05) is 12.4 Å². The van der Waals surface area contributed by atoms with Crippen LogP contribution in [0.2, 0.25) is 0 Å². The highest BCUT2D eigenvalue weighted by Crippen LogP contribution is 2.26. The van der Waals surface area contributed by atoms with Crippen LogP contribution in [-0.2, 0) is 4.74 Å². The van der Waals surface area contributed by atoms with Crippen LogP contribution in [0.15, 0.2) is 18.5 Å². The molecule has 1 aliphatic carbocycles. The first kappa shape index (κ1) is 11.0. The van der Waals surface area contributed by atoms with E-state index in [9.17, 15) is 4.79 Å². The Morgan fingerprint density at radius 2 is 2.12 bits per heavy atom. The highest BCUT2D eigenvalue weighted by molar-refractivity contribution is 5.85. The third kappa shape index (κ3) is 2.78. The molecular formula is C12H16N2O2. The second-order valence-corrected chi connectivity index (χ2v) is 4.37. The smallest absolute Gasteiger partial charge is 0.376 e. The van der Waals surface area contributed by atoms with Gasteiger partial charge in [0.05, 0.1) is 0 Å². The van der Waals surface area contributed by atoms with Gasteiger partial charge in [-0.05, 0) is 31.2 Å². The minimum absolute atomic E-state index is 0.0417. The summed E-state index contributed by atoms with van der Waals surface area (Å²) in [5.41, 5.74) is 0. The van der Waals surface area contributed by atoms with E-state index in [0.717, 1.165) is 19.3 Å². The van der Waals surface area contributed by atoms with Crippen molar-refractivity contribution in [3.05, 3.63) is 24.3 Å². The minimum atomic E-state index is -0.403. The number of hydrogen-bond donors (Lipinski definition) is 0. The van der Waals surface area contributed by atoms with Crippen molar-refractivity contribution in [2.24, 2.45) is 5.92 Å². The number of nitrogens with zero attached hydrogens (tertiary/aromatic N) is 2. The molecule has 4 nitrogen and oxygen atoms in total. The maximum atomic E-state index is 11.7. The van der Waals surface area contributed by atoms with E-state index in [0.29, 0.717) is 5.92 Å². The van der Waals surface area contributed by atoms with Crippen LogP contribution in [0.25, 0.3) is 0 Å². The minimum Gasteiger partial charge on any atom is -0.456 e. The molecule has 1 aliphatic rings. The molecule has 0 N–H and O–H groups in total. The number of carbonyl (C=O) groups excluding carboxylic acids is 1. The normalized spacial score (nSPS) is 25.1. The van der Waals surface area contributed by atoms with Crippen LogP contribution in [0.5, 0.6) is 0 Å².